The number of epoxide rings is 1. The van der Waals surface area contributed by atoms with Crippen molar-refractivity contribution < 1.29 is 28.5 Å². The summed E-state index contributed by atoms with van der Waals surface area (Å²) in [7, 11) is 0. The summed E-state index contributed by atoms with van der Waals surface area (Å²) < 4.78 is 26.9. The molecular formula is C26H22O6. The van der Waals surface area contributed by atoms with Crippen LogP contribution in [0.3, 0.4) is 0 Å². The summed E-state index contributed by atoms with van der Waals surface area (Å²) in [4.78, 5) is 12.6. The van der Waals surface area contributed by atoms with Crippen LogP contribution >= 0.6 is 0 Å². The van der Waals surface area contributed by atoms with Gasteiger partial charge in [0.15, 0.2) is 5.76 Å². The standard InChI is InChI=1S/C26H22O6/c1-17-12-22(29-14-24-16-31-24)10-11-25(17)26(27)32-21-8-4-19(5-9-21)18-2-6-20(7-3-18)28-13-23-15-30-23/h2-12,15,24H,13-14,16H2,1H3. The van der Waals surface area contributed by atoms with Crippen molar-refractivity contribution in [3.63, 3.8) is 0 Å². The summed E-state index contributed by atoms with van der Waals surface area (Å²) in [6.45, 7) is 3.58. The van der Waals surface area contributed by atoms with Crippen LogP contribution in [0.4, 0.5) is 0 Å². The Labute approximate surface area is 185 Å². The van der Waals surface area contributed by atoms with Gasteiger partial charge in [0.1, 0.15) is 42.8 Å². The molecule has 2 heterocycles. The van der Waals surface area contributed by atoms with E-state index >= 15 is 0 Å². The smallest absolute Gasteiger partial charge is 0.343 e. The number of aryl methyl sites for hydroxylation is 1. The van der Waals surface area contributed by atoms with E-state index in [-0.39, 0.29) is 6.10 Å². The molecule has 2 aliphatic heterocycles. The van der Waals surface area contributed by atoms with Gasteiger partial charge in [-0.3, -0.25) is 0 Å². The van der Waals surface area contributed by atoms with Crippen molar-refractivity contribution >= 4 is 5.97 Å². The van der Waals surface area contributed by atoms with Gasteiger partial charge in [0.2, 0.25) is 0 Å². The second-order valence-electron chi connectivity index (χ2n) is 7.67. The molecule has 162 valence electrons. The second-order valence-corrected chi connectivity index (χ2v) is 7.67. The summed E-state index contributed by atoms with van der Waals surface area (Å²) in [6.07, 6.45) is 1.86. The van der Waals surface area contributed by atoms with Crippen LogP contribution in [0.15, 0.2) is 78.8 Å². The van der Waals surface area contributed by atoms with Crippen LogP contribution in [0.1, 0.15) is 15.9 Å². The molecule has 0 amide bonds. The minimum Gasteiger partial charge on any atom is -0.491 e. The van der Waals surface area contributed by atoms with Crippen molar-refractivity contribution in [3.8, 4) is 28.4 Å². The fourth-order valence-corrected chi connectivity index (χ4v) is 3.19. The third-order valence-corrected chi connectivity index (χ3v) is 5.17. The number of hydrogen-bond acceptors (Lipinski definition) is 6. The maximum atomic E-state index is 12.6. The van der Waals surface area contributed by atoms with Crippen LogP contribution in [0.5, 0.6) is 17.2 Å². The maximum absolute atomic E-state index is 12.6. The van der Waals surface area contributed by atoms with Gasteiger partial charge in [-0.15, -0.1) is 0 Å². The van der Waals surface area contributed by atoms with E-state index in [2.05, 4.69) is 0 Å². The molecule has 6 heteroatoms. The highest BCUT2D eigenvalue weighted by atomic mass is 16.6. The highest BCUT2D eigenvalue weighted by Crippen LogP contribution is 2.26. The van der Waals surface area contributed by atoms with Gasteiger partial charge in [-0.05, 0) is 66.1 Å². The number of esters is 1. The zero-order valence-electron chi connectivity index (χ0n) is 17.6. The highest BCUT2D eigenvalue weighted by Gasteiger charge is 2.23. The summed E-state index contributed by atoms with van der Waals surface area (Å²) >= 11 is 0. The Bertz CT molecular complexity index is 1140. The van der Waals surface area contributed by atoms with Crippen LogP contribution in [0.2, 0.25) is 0 Å². The van der Waals surface area contributed by atoms with Crippen molar-refractivity contribution in [2.75, 3.05) is 19.8 Å². The van der Waals surface area contributed by atoms with E-state index in [4.69, 9.17) is 23.7 Å². The summed E-state index contributed by atoms with van der Waals surface area (Å²) in [6, 6.07) is 20.6. The van der Waals surface area contributed by atoms with Crippen molar-refractivity contribution in [1.82, 2.24) is 0 Å². The van der Waals surface area contributed by atoms with Crippen LogP contribution < -0.4 is 14.2 Å². The molecule has 0 radical (unpaired) electrons. The lowest BCUT2D eigenvalue weighted by Crippen LogP contribution is -2.11. The van der Waals surface area contributed by atoms with Gasteiger partial charge in [-0.1, -0.05) is 24.3 Å². The molecular weight excluding hydrogens is 408 g/mol. The lowest BCUT2D eigenvalue weighted by atomic mass is 10.1. The minimum atomic E-state index is -0.399. The molecule has 1 atom stereocenters. The zero-order valence-corrected chi connectivity index (χ0v) is 17.6. The van der Waals surface area contributed by atoms with Crippen molar-refractivity contribution in [1.29, 1.82) is 0 Å². The Morgan fingerprint density at radius 2 is 1.53 bits per heavy atom. The van der Waals surface area contributed by atoms with E-state index in [1.54, 1.807) is 30.5 Å². The average molecular weight is 430 g/mol. The third-order valence-electron chi connectivity index (χ3n) is 5.17. The molecule has 0 N–H and O–H groups in total. The lowest BCUT2D eigenvalue weighted by molar-refractivity contribution is 0.0734. The predicted molar refractivity (Wildman–Crippen MR) is 118 cm³/mol. The monoisotopic (exact) mass is 430 g/mol. The first kappa shape index (κ1) is 20.2. The Hall–Kier alpha value is -3.77. The zero-order chi connectivity index (χ0) is 21.9. The van der Waals surface area contributed by atoms with Gasteiger partial charge >= 0.3 is 5.97 Å². The van der Waals surface area contributed by atoms with Crippen LogP contribution in [0.25, 0.3) is 11.1 Å². The van der Waals surface area contributed by atoms with Crippen molar-refractivity contribution in [2.24, 2.45) is 0 Å². The van der Waals surface area contributed by atoms with Crippen LogP contribution in [0, 0.1) is 6.92 Å². The molecule has 3 aromatic rings. The molecule has 2 aliphatic rings. The SMILES string of the molecule is Cc1cc(OCC2CO2)ccc1C(=O)Oc1ccc(-c2ccc(OCC3=CO3)cc2)cc1. The number of ether oxygens (including phenoxy) is 5. The van der Waals surface area contributed by atoms with Crippen LogP contribution in [-0.2, 0) is 9.47 Å². The molecule has 0 aliphatic carbocycles. The number of rotatable bonds is 9. The first-order chi connectivity index (χ1) is 15.6. The molecule has 0 bridgehead atoms. The molecule has 3 aromatic carbocycles. The summed E-state index contributed by atoms with van der Waals surface area (Å²) in [5, 5.41) is 0. The normalized spacial score (nSPS) is 15.9. The predicted octanol–water partition coefficient (Wildman–Crippen LogP) is 4.91. The molecule has 0 spiro atoms. The Balaban J connectivity index is 1.19. The quantitative estimate of drug-likeness (QED) is 0.273. The van der Waals surface area contributed by atoms with E-state index in [0.717, 1.165) is 34.8 Å². The molecule has 0 aromatic heterocycles. The third kappa shape index (κ3) is 5.10. The number of hydrogen-bond donors (Lipinski definition) is 0. The van der Waals surface area contributed by atoms with E-state index in [1.165, 1.54) is 0 Å². The van der Waals surface area contributed by atoms with E-state index < -0.39 is 5.97 Å². The van der Waals surface area contributed by atoms with Crippen LogP contribution in [-0.4, -0.2) is 31.9 Å². The van der Waals surface area contributed by atoms with E-state index in [0.29, 0.717) is 30.3 Å². The highest BCUT2D eigenvalue weighted by molar-refractivity contribution is 5.92. The number of carbonyl (C=O) groups is 1. The Kier molecular flexibility index (Phi) is 5.52. The van der Waals surface area contributed by atoms with Gasteiger partial charge in [0.05, 0.1) is 12.2 Å². The first-order valence-electron chi connectivity index (χ1n) is 10.4. The fraction of sp³-hybridized carbons (Fsp3) is 0.192. The van der Waals surface area contributed by atoms with Crippen molar-refractivity contribution in [3.05, 3.63) is 89.9 Å². The summed E-state index contributed by atoms with van der Waals surface area (Å²) in [5.41, 5.74) is 3.36. The number of benzene rings is 3. The molecule has 1 fully saturated rings. The van der Waals surface area contributed by atoms with Gasteiger partial charge < -0.3 is 23.7 Å². The molecule has 0 saturated carbocycles. The van der Waals surface area contributed by atoms with Gasteiger partial charge in [0, 0.05) is 0 Å². The molecule has 5 rings (SSSR count). The largest absolute Gasteiger partial charge is 0.491 e. The van der Waals surface area contributed by atoms with Gasteiger partial charge in [-0.25, -0.2) is 4.79 Å². The van der Waals surface area contributed by atoms with Gasteiger partial charge in [-0.2, -0.15) is 0 Å². The molecule has 1 unspecified atom stereocenters. The van der Waals surface area contributed by atoms with Gasteiger partial charge in [0.25, 0.3) is 0 Å². The lowest BCUT2D eigenvalue weighted by Gasteiger charge is -2.10. The minimum absolute atomic E-state index is 0.189. The second kappa shape index (κ2) is 8.77. The Morgan fingerprint density at radius 3 is 2.12 bits per heavy atom. The molecule has 32 heavy (non-hydrogen) atoms. The Morgan fingerprint density at radius 1 is 0.906 bits per heavy atom. The molecule has 6 nitrogen and oxygen atoms in total. The molecule has 1 saturated heterocycles. The van der Waals surface area contributed by atoms with Crippen molar-refractivity contribution in [2.45, 2.75) is 13.0 Å². The topological polar surface area (TPSA) is 69.8 Å². The summed E-state index contributed by atoms with van der Waals surface area (Å²) in [5.74, 6) is 2.43. The van der Waals surface area contributed by atoms with E-state index in [1.807, 2.05) is 49.4 Å². The fourth-order valence-electron chi connectivity index (χ4n) is 3.19. The number of carbonyl (C=O) groups excluding carboxylic acids is 1. The van der Waals surface area contributed by atoms with E-state index in [9.17, 15) is 4.79 Å². The maximum Gasteiger partial charge on any atom is 0.343 e. The average Bonchev–Trinajstić information content (AvgIpc) is 3.72. The first-order valence-corrected chi connectivity index (χ1v) is 10.4.